The molecule has 1 unspecified atom stereocenters. The lowest BCUT2D eigenvalue weighted by atomic mass is 10.0. The van der Waals surface area contributed by atoms with Crippen molar-refractivity contribution in [1.29, 1.82) is 0 Å². The Hall–Kier alpha value is -2.28. The van der Waals surface area contributed by atoms with Gasteiger partial charge in [-0.25, -0.2) is 0 Å². The first kappa shape index (κ1) is 16.9. The second-order valence-electron chi connectivity index (χ2n) is 7.07. The molecule has 0 spiro atoms. The number of carbonyl (C=O) groups excluding carboxylic acids is 1. The van der Waals surface area contributed by atoms with Crippen molar-refractivity contribution < 1.29 is 14.1 Å². The molecule has 0 aliphatic carbocycles. The van der Waals surface area contributed by atoms with Crippen LogP contribution in [0.1, 0.15) is 32.7 Å². The minimum Gasteiger partial charge on any atom is -0.457 e. The van der Waals surface area contributed by atoms with E-state index in [4.69, 9.17) is 16.0 Å². The third-order valence-electron chi connectivity index (χ3n) is 5.18. The van der Waals surface area contributed by atoms with E-state index in [0.29, 0.717) is 16.5 Å². The molecule has 2 aliphatic rings. The molecule has 0 bridgehead atoms. The van der Waals surface area contributed by atoms with Crippen LogP contribution in [0.2, 0.25) is 5.02 Å². The highest BCUT2D eigenvalue weighted by molar-refractivity contribution is 7.16. The number of likely N-dealkylation sites (N-methyl/N-ethyl adjacent to an activating group) is 1. The average molecular weight is 401 g/mol. The molecule has 138 valence electrons. The topological polar surface area (TPSA) is 58.7 Å². The van der Waals surface area contributed by atoms with E-state index in [2.05, 4.69) is 17.7 Å². The molecule has 2 aliphatic heterocycles. The van der Waals surface area contributed by atoms with Crippen LogP contribution in [0.4, 0.5) is 5.00 Å². The van der Waals surface area contributed by atoms with E-state index in [1.165, 1.54) is 15.3 Å². The molecule has 1 aromatic carbocycles. The minimum atomic E-state index is -0.383. The number of benzene rings is 1. The van der Waals surface area contributed by atoms with Crippen LogP contribution in [0.25, 0.3) is 11.3 Å². The molecule has 3 N–H and O–H groups in total. The van der Waals surface area contributed by atoms with Crippen molar-refractivity contribution in [3.05, 3.63) is 63.2 Å². The normalized spacial score (nSPS) is 21.2. The fourth-order valence-electron chi connectivity index (χ4n) is 3.79. The number of amides is 1. The van der Waals surface area contributed by atoms with Gasteiger partial charge in [0.15, 0.2) is 6.17 Å². The van der Waals surface area contributed by atoms with E-state index in [0.717, 1.165) is 35.6 Å². The summed E-state index contributed by atoms with van der Waals surface area (Å²) in [6.07, 6.45) is 0.566. The van der Waals surface area contributed by atoms with E-state index >= 15 is 0 Å². The number of furan rings is 1. The molecule has 3 aromatic rings. The molecule has 0 saturated heterocycles. The number of hydrogen-bond donors (Lipinski definition) is 3. The summed E-state index contributed by atoms with van der Waals surface area (Å²) >= 11 is 7.96. The highest BCUT2D eigenvalue weighted by atomic mass is 35.5. The molecule has 27 heavy (non-hydrogen) atoms. The first-order valence-corrected chi connectivity index (χ1v) is 10.2. The van der Waals surface area contributed by atoms with Crippen LogP contribution in [0.15, 0.2) is 40.8 Å². The summed E-state index contributed by atoms with van der Waals surface area (Å²) in [5.74, 6) is 1.33. The van der Waals surface area contributed by atoms with Crippen molar-refractivity contribution in [3.63, 3.8) is 0 Å². The highest BCUT2D eigenvalue weighted by Crippen LogP contribution is 2.40. The molecule has 2 aromatic heterocycles. The van der Waals surface area contributed by atoms with Gasteiger partial charge in [-0.15, -0.1) is 11.3 Å². The maximum absolute atomic E-state index is 12.8. The minimum absolute atomic E-state index is 0.0264. The summed E-state index contributed by atoms with van der Waals surface area (Å²) in [4.78, 5) is 15.6. The van der Waals surface area contributed by atoms with Gasteiger partial charge in [0.2, 0.25) is 0 Å². The summed E-state index contributed by atoms with van der Waals surface area (Å²) in [6, 6.07) is 11.3. The molecular weight excluding hydrogens is 382 g/mol. The van der Waals surface area contributed by atoms with Gasteiger partial charge >= 0.3 is 0 Å². The Balaban J connectivity index is 1.46. The van der Waals surface area contributed by atoms with Crippen LogP contribution in [0, 0.1) is 0 Å². The average Bonchev–Trinajstić information content (AvgIpc) is 3.26. The summed E-state index contributed by atoms with van der Waals surface area (Å²) in [7, 11) is 2.19. The third kappa shape index (κ3) is 2.84. The van der Waals surface area contributed by atoms with E-state index in [-0.39, 0.29) is 12.1 Å². The molecule has 0 fully saturated rings. The summed E-state index contributed by atoms with van der Waals surface area (Å²) < 4.78 is 6.01. The van der Waals surface area contributed by atoms with Crippen LogP contribution in [-0.4, -0.2) is 19.5 Å². The summed E-state index contributed by atoms with van der Waals surface area (Å²) in [5.41, 5.74) is 2.86. The maximum atomic E-state index is 12.8. The van der Waals surface area contributed by atoms with Gasteiger partial charge in [-0.05, 0) is 29.8 Å². The Kier molecular flexibility index (Phi) is 4.00. The smallest absolute Gasteiger partial charge is 0.256 e. The maximum Gasteiger partial charge on any atom is 0.256 e. The van der Waals surface area contributed by atoms with Gasteiger partial charge in [-0.3, -0.25) is 4.79 Å². The standard InChI is InChI=1S/C20H18ClN3O2S/c1-24-9-8-12-16(10-24)27-20-17(12)19(25)22-18(23-20)15-7-6-14(26-15)11-4-2-3-5-13(11)21/h2-7,18,23H,8-10H2,1H3,(H,22,25)/p+1/t18-/m0/s1. The SMILES string of the molecule is C[NH+]1CCc2c(sc3c2C(=O)N[C@H](c2ccc(-c4ccccc4Cl)o2)N3)C1. The van der Waals surface area contributed by atoms with Gasteiger partial charge in [0.25, 0.3) is 5.91 Å². The van der Waals surface area contributed by atoms with Crippen LogP contribution in [0.5, 0.6) is 0 Å². The Morgan fingerprint density at radius 2 is 2.07 bits per heavy atom. The van der Waals surface area contributed by atoms with Crippen LogP contribution in [0.3, 0.4) is 0 Å². The van der Waals surface area contributed by atoms with Gasteiger partial charge in [-0.2, -0.15) is 0 Å². The fourth-order valence-corrected chi connectivity index (χ4v) is 5.40. The van der Waals surface area contributed by atoms with Crippen molar-refractivity contribution in [2.45, 2.75) is 19.1 Å². The van der Waals surface area contributed by atoms with E-state index in [1.54, 1.807) is 11.3 Å². The van der Waals surface area contributed by atoms with Gasteiger partial charge in [0.05, 0.1) is 29.1 Å². The van der Waals surface area contributed by atoms with Crippen molar-refractivity contribution in [2.24, 2.45) is 0 Å². The van der Waals surface area contributed by atoms with Crippen LogP contribution < -0.4 is 15.5 Å². The van der Waals surface area contributed by atoms with Gasteiger partial charge < -0.3 is 20.0 Å². The van der Waals surface area contributed by atoms with Gasteiger partial charge in [0.1, 0.15) is 23.1 Å². The number of nitrogens with one attached hydrogen (secondary N) is 3. The number of halogens is 1. The number of fused-ring (bicyclic) bond motifs is 3. The Labute approximate surface area is 165 Å². The van der Waals surface area contributed by atoms with E-state index in [1.807, 2.05) is 36.4 Å². The number of thiophene rings is 1. The largest absolute Gasteiger partial charge is 0.457 e. The molecule has 5 nitrogen and oxygen atoms in total. The zero-order chi connectivity index (χ0) is 18.5. The van der Waals surface area contributed by atoms with Gasteiger partial charge in [-0.1, -0.05) is 23.7 Å². The summed E-state index contributed by atoms with van der Waals surface area (Å²) in [5, 5.41) is 8.07. The van der Waals surface area contributed by atoms with Crippen molar-refractivity contribution >= 4 is 33.8 Å². The predicted molar refractivity (Wildman–Crippen MR) is 106 cm³/mol. The summed E-state index contributed by atoms with van der Waals surface area (Å²) in [6.45, 7) is 2.04. The molecule has 7 heteroatoms. The predicted octanol–water partition coefficient (Wildman–Crippen LogP) is 3.09. The Morgan fingerprint density at radius 1 is 1.22 bits per heavy atom. The van der Waals surface area contributed by atoms with Crippen LogP contribution >= 0.6 is 22.9 Å². The Morgan fingerprint density at radius 3 is 2.93 bits per heavy atom. The number of quaternary nitrogens is 1. The number of anilines is 1. The van der Waals surface area contributed by atoms with Crippen molar-refractivity contribution in [1.82, 2.24) is 5.32 Å². The first-order valence-electron chi connectivity index (χ1n) is 8.98. The number of hydrogen-bond acceptors (Lipinski definition) is 4. The molecular formula is C20H19ClN3O2S+. The zero-order valence-electron chi connectivity index (χ0n) is 14.8. The second-order valence-corrected chi connectivity index (χ2v) is 8.59. The lowest BCUT2D eigenvalue weighted by molar-refractivity contribution is -0.895. The monoisotopic (exact) mass is 400 g/mol. The zero-order valence-corrected chi connectivity index (χ0v) is 16.3. The van der Waals surface area contributed by atoms with E-state index < -0.39 is 0 Å². The quantitative estimate of drug-likeness (QED) is 0.619. The second kappa shape index (κ2) is 6.41. The molecule has 0 radical (unpaired) electrons. The van der Waals surface area contributed by atoms with Crippen molar-refractivity contribution in [3.8, 4) is 11.3 Å². The number of carbonyl (C=O) groups is 1. The molecule has 5 rings (SSSR count). The lowest BCUT2D eigenvalue weighted by Crippen LogP contribution is -3.08. The molecule has 2 atom stereocenters. The lowest BCUT2D eigenvalue weighted by Gasteiger charge is -2.25. The highest BCUT2D eigenvalue weighted by Gasteiger charge is 2.34. The molecule has 4 heterocycles. The third-order valence-corrected chi connectivity index (χ3v) is 6.68. The fraction of sp³-hybridized carbons (Fsp3) is 0.250. The van der Waals surface area contributed by atoms with Gasteiger partial charge in [0, 0.05) is 12.0 Å². The molecule has 0 saturated carbocycles. The molecule has 1 amide bonds. The first-order chi connectivity index (χ1) is 13.1. The van der Waals surface area contributed by atoms with Crippen LogP contribution in [-0.2, 0) is 13.0 Å². The van der Waals surface area contributed by atoms with E-state index in [9.17, 15) is 4.79 Å². The van der Waals surface area contributed by atoms with Crippen molar-refractivity contribution in [2.75, 3.05) is 18.9 Å². The number of rotatable bonds is 2. The Bertz CT molecular complexity index is 1040.